The number of benzene rings is 4. The van der Waals surface area contributed by atoms with E-state index in [9.17, 15) is 21.6 Å². The Balaban J connectivity index is 1.92. The van der Waals surface area contributed by atoms with Gasteiger partial charge in [0.1, 0.15) is 81.8 Å². The molecule has 0 radical (unpaired) electrons. The van der Waals surface area contributed by atoms with Crippen LogP contribution in [0.15, 0.2) is 40.8 Å². The standard InChI is InChI=1S/C25H24B9F3O4S/c26-15-12(16(27)18(29)13(17(15)28)14-19(30)21(32)23(34)22(33)20(14)31)11-10(41-42(38,39)25(35,36)37)6-5-8-7-3-1-2-4-9(7)40-24(8)11/h1-6H,26-34H2. The number of halogens is 3. The van der Waals surface area contributed by atoms with E-state index >= 15 is 0 Å². The van der Waals surface area contributed by atoms with Crippen LogP contribution < -0.4 is 53.3 Å². The van der Waals surface area contributed by atoms with Crippen molar-refractivity contribution in [1.29, 1.82) is 0 Å². The molecule has 4 nitrogen and oxygen atoms in total. The lowest BCUT2D eigenvalue weighted by Crippen LogP contribution is -2.57. The number of hydrogen-bond donors (Lipinski definition) is 0. The maximum absolute atomic E-state index is 13.5. The van der Waals surface area contributed by atoms with E-state index in [4.69, 9.17) is 8.60 Å². The summed E-state index contributed by atoms with van der Waals surface area (Å²) in [4.78, 5) is 0. The third-order valence-electron chi connectivity index (χ3n) is 9.12. The molecule has 0 aliphatic carbocycles. The molecular formula is C25H24B9F3O4S. The Hall–Kier alpha value is -3.20. The summed E-state index contributed by atoms with van der Waals surface area (Å²) >= 11 is 0. The molecule has 0 unspecified atom stereocenters. The molecule has 1 aromatic heterocycles. The van der Waals surface area contributed by atoms with Crippen LogP contribution in [0.3, 0.4) is 0 Å². The average Bonchev–Trinajstić information content (AvgIpc) is 3.30. The Bertz CT molecular complexity index is 2020. The number of fused-ring (bicyclic) bond motifs is 3. The first-order valence-corrected chi connectivity index (χ1v) is 15.0. The number of rotatable bonds is 4. The van der Waals surface area contributed by atoms with Crippen LogP contribution in [0.5, 0.6) is 5.75 Å². The second-order valence-electron chi connectivity index (χ2n) is 11.1. The number of para-hydroxylation sites is 1. The minimum Gasteiger partial charge on any atom is -0.455 e. The van der Waals surface area contributed by atoms with E-state index in [1.54, 1.807) is 12.1 Å². The van der Waals surface area contributed by atoms with Gasteiger partial charge in [-0.15, -0.1) is 16.4 Å². The van der Waals surface area contributed by atoms with Crippen LogP contribution in [-0.2, 0) is 10.1 Å². The predicted molar refractivity (Wildman–Crippen MR) is 194 cm³/mol. The van der Waals surface area contributed by atoms with Crippen LogP contribution in [0.1, 0.15) is 0 Å². The summed E-state index contributed by atoms with van der Waals surface area (Å²) < 4.78 is 76.0. The number of hydrogen-bond acceptors (Lipinski definition) is 4. The van der Waals surface area contributed by atoms with Gasteiger partial charge in [0.15, 0.2) is 5.75 Å². The summed E-state index contributed by atoms with van der Waals surface area (Å²) in [6.07, 6.45) is 0. The Labute approximate surface area is 251 Å². The predicted octanol–water partition coefficient (Wildman–Crippen LogP) is -8.53. The Morgan fingerprint density at radius 3 is 1.50 bits per heavy atom. The van der Waals surface area contributed by atoms with Gasteiger partial charge in [0.2, 0.25) is 0 Å². The van der Waals surface area contributed by atoms with Gasteiger partial charge in [-0.2, -0.15) is 21.6 Å². The molecule has 0 N–H and O–H groups in total. The third kappa shape index (κ3) is 4.46. The molecule has 5 rings (SSSR count). The molecule has 0 aliphatic rings. The molecular weight excluding hydrogens is 551 g/mol. The molecule has 0 aliphatic heterocycles. The molecule has 0 saturated carbocycles. The van der Waals surface area contributed by atoms with Gasteiger partial charge in [0, 0.05) is 10.8 Å². The molecule has 0 fully saturated rings. The Morgan fingerprint density at radius 2 is 1.00 bits per heavy atom. The highest BCUT2D eigenvalue weighted by Crippen LogP contribution is 2.42. The zero-order chi connectivity index (χ0) is 31.0. The second-order valence-corrected chi connectivity index (χ2v) is 12.7. The smallest absolute Gasteiger partial charge is 0.455 e. The molecule has 202 valence electrons. The van der Waals surface area contributed by atoms with E-state index in [0.717, 1.165) is 38.4 Å². The molecule has 17 heteroatoms. The highest BCUT2D eigenvalue weighted by Gasteiger charge is 2.49. The Kier molecular flexibility index (Phi) is 7.36. The van der Waals surface area contributed by atoms with Crippen molar-refractivity contribution in [3.63, 3.8) is 0 Å². The minimum absolute atomic E-state index is 0.175. The van der Waals surface area contributed by atoms with Crippen molar-refractivity contribution < 1.29 is 30.2 Å². The van der Waals surface area contributed by atoms with E-state index in [-0.39, 0.29) is 11.1 Å². The van der Waals surface area contributed by atoms with Gasteiger partial charge in [-0.05, 0) is 34.9 Å². The molecule has 4 aromatic carbocycles. The summed E-state index contributed by atoms with van der Waals surface area (Å²) in [6.45, 7) is 0. The molecule has 0 atom stereocenters. The van der Waals surface area contributed by atoms with Gasteiger partial charge in [-0.25, -0.2) is 0 Å². The number of alkyl halides is 3. The summed E-state index contributed by atoms with van der Waals surface area (Å²) in [6, 6.07) is 10.1. The van der Waals surface area contributed by atoms with Crippen molar-refractivity contribution in [2.75, 3.05) is 0 Å². The van der Waals surface area contributed by atoms with Crippen LogP contribution in [0, 0.1) is 0 Å². The highest BCUT2D eigenvalue weighted by atomic mass is 32.2. The first-order valence-electron chi connectivity index (χ1n) is 13.6. The molecule has 1 heterocycles. The van der Waals surface area contributed by atoms with Crippen molar-refractivity contribution in [3.8, 4) is 28.0 Å². The lowest BCUT2D eigenvalue weighted by atomic mass is 9.56. The summed E-state index contributed by atoms with van der Waals surface area (Å²) in [5.41, 5.74) is 7.67. The van der Waals surface area contributed by atoms with Gasteiger partial charge in [0.25, 0.3) is 0 Å². The quantitative estimate of drug-likeness (QED) is 0.122. The Morgan fingerprint density at radius 1 is 0.571 bits per heavy atom. The molecule has 0 spiro atoms. The van der Waals surface area contributed by atoms with Crippen LogP contribution in [-0.4, -0.2) is 84.5 Å². The maximum atomic E-state index is 13.5. The van der Waals surface area contributed by atoms with Gasteiger partial charge in [-0.1, -0.05) is 51.0 Å². The number of furan rings is 1. The van der Waals surface area contributed by atoms with Gasteiger partial charge >= 0.3 is 15.6 Å². The maximum Gasteiger partial charge on any atom is 0.534 e. The lowest BCUT2D eigenvalue weighted by molar-refractivity contribution is -0.0499. The monoisotopic (exact) mass is 576 g/mol. The highest BCUT2D eigenvalue weighted by molar-refractivity contribution is 7.88. The fourth-order valence-electron chi connectivity index (χ4n) is 6.18. The van der Waals surface area contributed by atoms with Crippen LogP contribution >= 0.6 is 0 Å². The molecule has 42 heavy (non-hydrogen) atoms. The van der Waals surface area contributed by atoms with E-state index < -0.39 is 21.4 Å². The fourth-order valence-corrected chi connectivity index (χ4v) is 6.65. The van der Waals surface area contributed by atoms with Gasteiger partial charge < -0.3 is 8.60 Å². The van der Waals surface area contributed by atoms with Crippen molar-refractivity contribution in [2.45, 2.75) is 5.51 Å². The topological polar surface area (TPSA) is 56.5 Å². The first-order chi connectivity index (χ1) is 19.5. The average molecular weight is 575 g/mol. The second kappa shape index (κ2) is 10.2. The van der Waals surface area contributed by atoms with E-state index in [1.165, 1.54) is 39.4 Å². The van der Waals surface area contributed by atoms with Gasteiger partial charge in [-0.3, -0.25) is 0 Å². The third-order valence-corrected chi connectivity index (χ3v) is 10.1. The molecule has 5 aromatic rings. The molecule has 0 amide bonds. The minimum atomic E-state index is -5.94. The summed E-state index contributed by atoms with van der Waals surface area (Å²) in [5.74, 6) is -0.439. The lowest BCUT2D eigenvalue weighted by Gasteiger charge is -2.28. The SMILES string of the molecule is Bc1c(B)c(B)c(-c2c(B)c(B)c(-c3c(OS(=O)(=O)C(F)(F)F)ccc4c3oc3ccccc34)c(B)c2B)c(B)c1B. The van der Waals surface area contributed by atoms with Crippen molar-refractivity contribution in [1.82, 2.24) is 0 Å². The molecule has 0 bridgehead atoms. The van der Waals surface area contributed by atoms with E-state index in [1.807, 2.05) is 43.5 Å². The first kappa shape index (κ1) is 30.3. The van der Waals surface area contributed by atoms with Crippen molar-refractivity contribution >= 4 is 152 Å². The van der Waals surface area contributed by atoms with Crippen molar-refractivity contribution in [3.05, 3.63) is 36.4 Å². The van der Waals surface area contributed by atoms with Crippen LogP contribution in [0.25, 0.3) is 44.2 Å². The van der Waals surface area contributed by atoms with Crippen molar-refractivity contribution in [2.24, 2.45) is 0 Å². The molecule has 0 saturated heterocycles. The van der Waals surface area contributed by atoms with Crippen LogP contribution in [0.2, 0.25) is 0 Å². The van der Waals surface area contributed by atoms with E-state index in [0.29, 0.717) is 16.5 Å². The van der Waals surface area contributed by atoms with Gasteiger partial charge in [0.05, 0.1) is 5.56 Å². The van der Waals surface area contributed by atoms with E-state index in [2.05, 4.69) is 39.2 Å². The fraction of sp³-hybridized carbons (Fsp3) is 0.0400. The normalized spacial score (nSPS) is 12.3. The summed E-state index contributed by atoms with van der Waals surface area (Å²) in [5, 5.41) is 1.41. The zero-order valence-electron chi connectivity index (χ0n) is 25.1. The van der Waals surface area contributed by atoms with Crippen LogP contribution in [0.4, 0.5) is 13.2 Å². The largest absolute Gasteiger partial charge is 0.534 e. The zero-order valence-corrected chi connectivity index (χ0v) is 26.0. The summed E-state index contributed by atoms with van der Waals surface area (Å²) in [7, 11) is 12.4.